The molecule has 0 bridgehead atoms. The first-order valence-electron chi connectivity index (χ1n) is 6.38. The minimum atomic E-state index is -4.79. The highest BCUT2D eigenvalue weighted by atomic mass is 19.4. The molecule has 3 nitrogen and oxygen atoms in total. The molecule has 0 heterocycles. The standard InChI is InChI=1S/C16H13F3N2O/c1-22-14-9-7-13(8-10-14)21-15(11-20,16(17,18)19)12-5-3-2-4-6-12/h2-10,21H,1H3. The van der Waals surface area contributed by atoms with E-state index in [0.717, 1.165) is 0 Å². The highest BCUT2D eigenvalue weighted by molar-refractivity contribution is 5.54. The number of methoxy groups -OCH3 is 1. The maximum Gasteiger partial charge on any atom is 0.429 e. The quantitative estimate of drug-likeness (QED) is 0.925. The smallest absolute Gasteiger partial charge is 0.429 e. The molecular formula is C16H13F3N2O. The second kappa shape index (κ2) is 5.98. The average Bonchev–Trinajstić information content (AvgIpc) is 2.53. The Hall–Kier alpha value is -2.68. The molecule has 1 atom stereocenters. The lowest BCUT2D eigenvalue weighted by Crippen LogP contribution is -2.47. The average molecular weight is 306 g/mol. The first-order chi connectivity index (χ1) is 10.4. The lowest BCUT2D eigenvalue weighted by molar-refractivity contribution is -0.165. The van der Waals surface area contributed by atoms with Gasteiger partial charge in [-0.05, 0) is 24.3 Å². The zero-order chi connectivity index (χ0) is 16.2. The van der Waals surface area contributed by atoms with Crippen molar-refractivity contribution in [3.8, 4) is 11.8 Å². The minimum absolute atomic E-state index is 0.166. The van der Waals surface area contributed by atoms with E-state index in [2.05, 4.69) is 5.32 Å². The number of anilines is 1. The maximum absolute atomic E-state index is 13.6. The van der Waals surface area contributed by atoms with E-state index in [0.29, 0.717) is 5.75 Å². The number of ether oxygens (including phenoxy) is 1. The van der Waals surface area contributed by atoms with Crippen molar-refractivity contribution < 1.29 is 17.9 Å². The van der Waals surface area contributed by atoms with Crippen LogP contribution in [-0.2, 0) is 5.54 Å². The number of benzene rings is 2. The van der Waals surface area contributed by atoms with Gasteiger partial charge in [-0.15, -0.1) is 0 Å². The molecule has 0 amide bonds. The molecule has 0 aliphatic heterocycles. The molecule has 2 aromatic carbocycles. The number of rotatable bonds is 4. The SMILES string of the molecule is COc1ccc(NC(C#N)(c2ccccc2)C(F)(F)F)cc1. The van der Waals surface area contributed by atoms with Gasteiger partial charge in [-0.25, -0.2) is 0 Å². The van der Waals surface area contributed by atoms with Gasteiger partial charge in [0.1, 0.15) is 11.8 Å². The molecule has 22 heavy (non-hydrogen) atoms. The van der Waals surface area contributed by atoms with Gasteiger partial charge in [0.2, 0.25) is 5.54 Å². The molecule has 6 heteroatoms. The summed E-state index contributed by atoms with van der Waals surface area (Å²) in [6.45, 7) is 0. The fourth-order valence-corrected chi connectivity index (χ4v) is 2.04. The van der Waals surface area contributed by atoms with Crippen LogP contribution in [0.25, 0.3) is 0 Å². The highest BCUT2D eigenvalue weighted by Crippen LogP contribution is 2.41. The Balaban J connectivity index is 2.47. The van der Waals surface area contributed by atoms with Crippen molar-refractivity contribution >= 4 is 5.69 Å². The Labute approximate surface area is 126 Å². The van der Waals surface area contributed by atoms with Crippen LogP contribution in [0.3, 0.4) is 0 Å². The lowest BCUT2D eigenvalue weighted by atomic mass is 9.90. The van der Waals surface area contributed by atoms with Crippen molar-refractivity contribution in [2.75, 3.05) is 12.4 Å². The Morgan fingerprint density at radius 1 is 1.00 bits per heavy atom. The van der Waals surface area contributed by atoms with E-state index in [1.165, 1.54) is 61.7 Å². The summed E-state index contributed by atoms with van der Waals surface area (Å²) in [6.07, 6.45) is -4.79. The number of nitriles is 1. The molecule has 2 rings (SSSR count). The van der Waals surface area contributed by atoms with Crippen LogP contribution >= 0.6 is 0 Å². The zero-order valence-electron chi connectivity index (χ0n) is 11.7. The third-order valence-electron chi connectivity index (χ3n) is 3.22. The summed E-state index contributed by atoms with van der Waals surface area (Å²) in [5.74, 6) is 0.514. The van der Waals surface area contributed by atoms with Crippen molar-refractivity contribution in [3.63, 3.8) is 0 Å². The first kappa shape index (κ1) is 15.7. The molecule has 0 aliphatic carbocycles. The van der Waals surface area contributed by atoms with Gasteiger partial charge in [0.05, 0.1) is 7.11 Å². The molecule has 0 spiro atoms. The monoisotopic (exact) mass is 306 g/mol. The van der Waals surface area contributed by atoms with Crippen LogP contribution in [0, 0.1) is 11.3 Å². The number of nitrogens with one attached hydrogen (secondary N) is 1. The van der Waals surface area contributed by atoms with E-state index in [4.69, 9.17) is 4.74 Å². The van der Waals surface area contributed by atoms with Crippen molar-refractivity contribution in [1.29, 1.82) is 5.26 Å². The molecule has 0 aromatic heterocycles. The molecule has 0 saturated carbocycles. The third kappa shape index (κ3) is 2.84. The molecule has 1 unspecified atom stereocenters. The van der Waals surface area contributed by atoms with Crippen LogP contribution in [-0.4, -0.2) is 13.3 Å². The van der Waals surface area contributed by atoms with Gasteiger partial charge in [0.25, 0.3) is 0 Å². The first-order valence-corrected chi connectivity index (χ1v) is 6.38. The normalized spacial score (nSPS) is 13.8. The van der Waals surface area contributed by atoms with Crippen LogP contribution in [0.4, 0.5) is 18.9 Å². The molecule has 2 aromatic rings. The predicted molar refractivity (Wildman–Crippen MR) is 76.4 cm³/mol. The van der Waals surface area contributed by atoms with Gasteiger partial charge in [-0.3, -0.25) is 0 Å². The van der Waals surface area contributed by atoms with Gasteiger partial charge in [0.15, 0.2) is 0 Å². The summed E-state index contributed by atoms with van der Waals surface area (Å²) in [4.78, 5) is 0. The van der Waals surface area contributed by atoms with Gasteiger partial charge >= 0.3 is 6.18 Å². The Morgan fingerprint density at radius 3 is 2.05 bits per heavy atom. The Kier molecular flexibility index (Phi) is 4.27. The molecule has 114 valence electrons. The topological polar surface area (TPSA) is 45.0 Å². The van der Waals surface area contributed by atoms with Gasteiger partial charge in [-0.2, -0.15) is 18.4 Å². The van der Waals surface area contributed by atoms with Crippen LogP contribution in [0.15, 0.2) is 54.6 Å². The summed E-state index contributed by atoms with van der Waals surface area (Å²) >= 11 is 0. The number of hydrogen-bond acceptors (Lipinski definition) is 3. The highest BCUT2D eigenvalue weighted by Gasteiger charge is 2.57. The molecule has 1 N–H and O–H groups in total. The summed E-state index contributed by atoms with van der Waals surface area (Å²) in [6, 6.07) is 14.3. The third-order valence-corrected chi connectivity index (χ3v) is 3.22. The summed E-state index contributed by atoms with van der Waals surface area (Å²) in [5.41, 5.74) is -2.81. The minimum Gasteiger partial charge on any atom is -0.497 e. The number of alkyl halides is 3. The van der Waals surface area contributed by atoms with E-state index in [1.54, 1.807) is 6.07 Å². The largest absolute Gasteiger partial charge is 0.497 e. The molecular weight excluding hydrogens is 293 g/mol. The molecule has 0 radical (unpaired) electrons. The fraction of sp³-hybridized carbons (Fsp3) is 0.188. The van der Waals surface area contributed by atoms with Gasteiger partial charge in [-0.1, -0.05) is 30.3 Å². The van der Waals surface area contributed by atoms with E-state index in [1.807, 2.05) is 0 Å². The van der Waals surface area contributed by atoms with E-state index < -0.39 is 11.7 Å². The molecule has 0 fully saturated rings. The zero-order valence-corrected chi connectivity index (χ0v) is 11.7. The summed E-state index contributed by atoms with van der Waals surface area (Å²) in [7, 11) is 1.46. The van der Waals surface area contributed by atoms with Crippen LogP contribution in [0.2, 0.25) is 0 Å². The van der Waals surface area contributed by atoms with Crippen molar-refractivity contribution in [3.05, 3.63) is 60.2 Å². The second-order valence-corrected chi connectivity index (χ2v) is 4.58. The van der Waals surface area contributed by atoms with E-state index >= 15 is 0 Å². The molecule has 0 aliphatic rings. The predicted octanol–water partition coefficient (Wildman–Crippen LogP) is 4.09. The second-order valence-electron chi connectivity index (χ2n) is 4.58. The Morgan fingerprint density at radius 2 is 1.59 bits per heavy atom. The van der Waals surface area contributed by atoms with Crippen molar-refractivity contribution in [1.82, 2.24) is 0 Å². The van der Waals surface area contributed by atoms with E-state index in [9.17, 15) is 18.4 Å². The van der Waals surface area contributed by atoms with Crippen LogP contribution in [0.5, 0.6) is 5.75 Å². The summed E-state index contributed by atoms with van der Waals surface area (Å²) < 4.78 is 45.7. The fourth-order valence-electron chi connectivity index (χ4n) is 2.04. The maximum atomic E-state index is 13.6. The number of halogens is 3. The van der Waals surface area contributed by atoms with Gasteiger partial charge in [0, 0.05) is 11.3 Å². The molecule has 0 saturated heterocycles. The van der Waals surface area contributed by atoms with Crippen LogP contribution in [0.1, 0.15) is 5.56 Å². The van der Waals surface area contributed by atoms with Crippen molar-refractivity contribution in [2.45, 2.75) is 11.7 Å². The number of hydrogen-bond donors (Lipinski definition) is 1. The van der Waals surface area contributed by atoms with E-state index in [-0.39, 0.29) is 11.3 Å². The summed E-state index contributed by atoms with van der Waals surface area (Å²) in [5, 5.41) is 11.6. The lowest BCUT2D eigenvalue weighted by Gasteiger charge is -2.31. The van der Waals surface area contributed by atoms with Crippen molar-refractivity contribution in [2.24, 2.45) is 0 Å². The van der Waals surface area contributed by atoms with Crippen LogP contribution < -0.4 is 10.1 Å². The number of nitrogens with zero attached hydrogens (tertiary/aromatic N) is 1. The Bertz CT molecular complexity index is 663. The van der Waals surface area contributed by atoms with Gasteiger partial charge < -0.3 is 10.1 Å².